The number of benzene rings is 2. The van der Waals surface area contributed by atoms with Crippen LogP contribution in [0.5, 0.6) is 0 Å². The van der Waals surface area contributed by atoms with Crippen LogP contribution in [-0.2, 0) is 22.3 Å². The second-order valence-electron chi connectivity index (χ2n) is 6.46. The van der Waals surface area contributed by atoms with Crippen molar-refractivity contribution in [3.63, 3.8) is 0 Å². The maximum Gasteiger partial charge on any atom is 0.242 e. The number of sulfonamides is 1. The van der Waals surface area contributed by atoms with Crippen LogP contribution in [0.4, 0.5) is 4.39 Å². The molecule has 0 radical (unpaired) electrons. The van der Waals surface area contributed by atoms with Crippen molar-refractivity contribution in [2.24, 2.45) is 0 Å². The number of aromatic nitrogens is 2. The Labute approximate surface area is 157 Å². The SMILES string of the molecule is CC(C)c1ccc(-c2noc(CNS(=O)(=O)Cc3ccccc3F)n2)cc1. The van der Waals surface area contributed by atoms with Crippen molar-refractivity contribution in [2.45, 2.75) is 32.1 Å². The summed E-state index contributed by atoms with van der Waals surface area (Å²) < 4.78 is 45.3. The lowest BCUT2D eigenvalue weighted by molar-refractivity contribution is 0.376. The molecule has 1 aromatic heterocycles. The monoisotopic (exact) mass is 389 g/mol. The van der Waals surface area contributed by atoms with E-state index in [4.69, 9.17) is 4.52 Å². The van der Waals surface area contributed by atoms with E-state index in [1.165, 1.54) is 23.8 Å². The second-order valence-corrected chi connectivity index (χ2v) is 8.27. The van der Waals surface area contributed by atoms with Crippen LogP contribution in [0.1, 0.15) is 36.8 Å². The lowest BCUT2D eigenvalue weighted by Crippen LogP contribution is -2.25. The number of nitrogens with one attached hydrogen (secondary N) is 1. The molecule has 0 bridgehead atoms. The second kappa shape index (κ2) is 7.98. The topological polar surface area (TPSA) is 85.1 Å². The van der Waals surface area contributed by atoms with E-state index >= 15 is 0 Å². The summed E-state index contributed by atoms with van der Waals surface area (Å²) in [4.78, 5) is 4.20. The molecule has 0 aliphatic carbocycles. The van der Waals surface area contributed by atoms with Gasteiger partial charge >= 0.3 is 0 Å². The van der Waals surface area contributed by atoms with Crippen LogP contribution in [0.25, 0.3) is 11.4 Å². The third-order valence-corrected chi connectivity index (χ3v) is 5.33. The maximum absolute atomic E-state index is 13.6. The minimum atomic E-state index is -3.74. The highest BCUT2D eigenvalue weighted by Gasteiger charge is 2.16. The van der Waals surface area contributed by atoms with E-state index in [0.29, 0.717) is 11.7 Å². The molecule has 0 saturated heterocycles. The van der Waals surface area contributed by atoms with Gasteiger partial charge in [0.05, 0.1) is 12.3 Å². The van der Waals surface area contributed by atoms with Crippen LogP contribution in [0, 0.1) is 5.82 Å². The Balaban J connectivity index is 1.64. The van der Waals surface area contributed by atoms with Crippen LogP contribution < -0.4 is 4.72 Å². The number of hydrogen-bond acceptors (Lipinski definition) is 5. The number of rotatable bonds is 7. The Hall–Kier alpha value is -2.58. The maximum atomic E-state index is 13.6. The molecule has 0 atom stereocenters. The summed E-state index contributed by atoms with van der Waals surface area (Å²) in [6, 6.07) is 13.5. The minimum absolute atomic E-state index is 0.0986. The number of halogens is 1. The number of hydrogen-bond donors (Lipinski definition) is 1. The van der Waals surface area contributed by atoms with Crippen molar-refractivity contribution in [1.82, 2.24) is 14.9 Å². The van der Waals surface area contributed by atoms with Crippen LogP contribution in [-0.4, -0.2) is 18.6 Å². The fourth-order valence-corrected chi connectivity index (χ4v) is 3.59. The van der Waals surface area contributed by atoms with Gasteiger partial charge in [-0.05, 0) is 17.5 Å². The van der Waals surface area contributed by atoms with Crippen LogP contribution in [0.3, 0.4) is 0 Å². The summed E-state index contributed by atoms with van der Waals surface area (Å²) in [5.41, 5.74) is 2.08. The zero-order valence-electron chi connectivity index (χ0n) is 15.0. The van der Waals surface area contributed by atoms with Crippen molar-refractivity contribution in [3.8, 4) is 11.4 Å². The van der Waals surface area contributed by atoms with E-state index in [9.17, 15) is 12.8 Å². The summed E-state index contributed by atoms with van der Waals surface area (Å²) in [5.74, 6) is -0.0858. The molecule has 8 heteroatoms. The Kier molecular flexibility index (Phi) is 5.67. The van der Waals surface area contributed by atoms with Crippen molar-refractivity contribution in [1.29, 1.82) is 0 Å². The highest BCUT2D eigenvalue weighted by atomic mass is 32.2. The van der Waals surface area contributed by atoms with Gasteiger partial charge in [-0.3, -0.25) is 0 Å². The molecule has 1 heterocycles. The van der Waals surface area contributed by atoms with Gasteiger partial charge in [0, 0.05) is 11.1 Å². The zero-order valence-corrected chi connectivity index (χ0v) is 15.8. The van der Waals surface area contributed by atoms with E-state index in [1.54, 1.807) is 6.07 Å². The van der Waals surface area contributed by atoms with Gasteiger partial charge in [-0.25, -0.2) is 17.5 Å². The van der Waals surface area contributed by atoms with Crippen molar-refractivity contribution in [3.05, 3.63) is 71.4 Å². The molecule has 27 heavy (non-hydrogen) atoms. The fraction of sp³-hybridized carbons (Fsp3) is 0.263. The van der Waals surface area contributed by atoms with Gasteiger partial charge < -0.3 is 4.52 Å². The quantitative estimate of drug-likeness (QED) is 0.667. The normalized spacial score (nSPS) is 11.9. The third kappa shape index (κ3) is 4.99. The molecule has 0 fully saturated rings. The third-order valence-electron chi connectivity index (χ3n) is 4.05. The minimum Gasteiger partial charge on any atom is -0.338 e. The average Bonchev–Trinajstić information content (AvgIpc) is 3.11. The van der Waals surface area contributed by atoms with Gasteiger partial charge in [0.2, 0.25) is 21.7 Å². The molecule has 0 unspecified atom stereocenters. The molecule has 6 nitrogen and oxygen atoms in total. The summed E-state index contributed by atoms with van der Waals surface area (Å²) >= 11 is 0. The van der Waals surface area contributed by atoms with Crippen molar-refractivity contribution < 1.29 is 17.3 Å². The molecule has 3 rings (SSSR count). The summed E-state index contributed by atoms with van der Waals surface area (Å²) in [6.45, 7) is 4.05. The Morgan fingerprint density at radius 1 is 1.11 bits per heavy atom. The van der Waals surface area contributed by atoms with E-state index in [-0.39, 0.29) is 18.0 Å². The molecule has 142 valence electrons. The van der Waals surface area contributed by atoms with Gasteiger partial charge in [0.15, 0.2) is 0 Å². The average molecular weight is 389 g/mol. The van der Waals surface area contributed by atoms with Crippen LogP contribution >= 0.6 is 0 Å². The summed E-state index contributed by atoms with van der Waals surface area (Å²) in [5, 5.41) is 3.88. The van der Waals surface area contributed by atoms with E-state index in [2.05, 4.69) is 28.7 Å². The van der Waals surface area contributed by atoms with Crippen molar-refractivity contribution >= 4 is 10.0 Å². The molecule has 3 aromatic rings. The fourth-order valence-electron chi connectivity index (χ4n) is 2.50. The van der Waals surface area contributed by atoms with Gasteiger partial charge in [-0.15, -0.1) is 0 Å². The summed E-state index contributed by atoms with van der Waals surface area (Å²) in [7, 11) is -3.74. The van der Waals surface area contributed by atoms with Gasteiger partial charge in [0.1, 0.15) is 5.82 Å². The van der Waals surface area contributed by atoms with E-state index in [0.717, 1.165) is 5.56 Å². The Morgan fingerprint density at radius 2 is 1.81 bits per heavy atom. The molecule has 2 aromatic carbocycles. The van der Waals surface area contributed by atoms with Crippen LogP contribution in [0.15, 0.2) is 53.1 Å². The molecule has 1 N–H and O–H groups in total. The first kappa shape index (κ1) is 19.2. The summed E-state index contributed by atoms with van der Waals surface area (Å²) in [6.07, 6.45) is 0. The molecular formula is C19H20FN3O3S. The van der Waals surface area contributed by atoms with Crippen molar-refractivity contribution in [2.75, 3.05) is 0 Å². The largest absolute Gasteiger partial charge is 0.338 e. The number of nitrogens with zero attached hydrogens (tertiary/aromatic N) is 2. The standard InChI is InChI=1S/C19H20FN3O3S/c1-13(2)14-7-9-15(10-8-14)19-22-18(26-23-19)11-21-27(24,25)12-16-5-3-4-6-17(16)20/h3-10,13,21H,11-12H2,1-2H3. The molecule has 0 aliphatic rings. The predicted octanol–water partition coefficient (Wildman–Crippen LogP) is 3.62. The molecule has 0 spiro atoms. The Bertz CT molecular complexity index is 1010. The highest BCUT2D eigenvalue weighted by molar-refractivity contribution is 7.88. The molecular weight excluding hydrogens is 369 g/mol. The van der Waals surface area contributed by atoms with Crippen LogP contribution in [0.2, 0.25) is 0 Å². The first-order valence-electron chi connectivity index (χ1n) is 8.48. The smallest absolute Gasteiger partial charge is 0.242 e. The lowest BCUT2D eigenvalue weighted by atomic mass is 10.0. The zero-order chi connectivity index (χ0) is 19.4. The van der Waals surface area contributed by atoms with Gasteiger partial charge in [-0.2, -0.15) is 4.98 Å². The van der Waals surface area contributed by atoms with Gasteiger partial charge in [-0.1, -0.05) is 61.5 Å². The Morgan fingerprint density at radius 3 is 2.48 bits per heavy atom. The lowest BCUT2D eigenvalue weighted by Gasteiger charge is -2.05. The van der Waals surface area contributed by atoms with E-state index < -0.39 is 21.6 Å². The van der Waals surface area contributed by atoms with Gasteiger partial charge in [0.25, 0.3) is 0 Å². The predicted molar refractivity (Wildman–Crippen MR) is 99.7 cm³/mol. The molecule has 0 amide bonds. The highest BCUT2D eigenvalue weighted by Crippen LogP contribution is 2.20. The molecule has 0 aliphatic heterocycles. The van der Waals surface area contributed by atoms with E-state index in [1.807, 2.05) is 24.3 Å². The first-order chi connectivity index (χ1) is 12.8. The first-order valence-corrected chi connectivity index (χ1v) is 10.1. The molecule has 0 saturated carbocycles.